The Morgan fingerprint density at radius 1 is 0.780 bits per heavy atom. The number of fused-ring (bicyclic) bond motifs is 10. The van der Waals surface area contributed by atoms with E-state index in [1.54, 1.807) is 38.5 Å². The van der Waals surface area contributed by atoms with Crippen LogP contribution in [0.2, 0.25) is 47.2 Å². The van der Waals surface area contributed by atoms with Gasteiger partial charge in [-0.1, -0.05) is 0 Å². The molecule has 8 unspecified atom stereocenters. The van der Waals surface area contributed by atoms with Crippen molar-refractivity contribution in [3.8, 4) is 0 Å². The SMILES string of the molecule is CC(C)(C)PC(C12CC3CC(CC(C3)C1)C2)[C]12[CH]3[CH]4[CH]5[C]1(C(P)(c1ccccn1)c1ccccn1)[Fe]43521678[CH]2[CH]1[CH]6[CH]7[CH]28. The number of pyridine rings is 2. The molecular formula is C36H44FeN2P2. The molecule has 8 atom stereocenters. The molecule has 4 bridgehead atoms. The number of hydrogen-bond acceptors (Lipinski definition) is 2. The van der Waals surface area contributed by atoms with Gasteiger partial charge in [0.1, 0.15) is 0 Å². The number of hydrogen-bond donors (Lipinski definition) is 0. The Labute approximate surface area is 239 Å². The maximum absolute atomic E-state index is 5.34. The predicted octanol–water partition coefficient (Wildman–Crippen LogP) is 9.79. The Kier molecular flexibility index (Phi) is 1.74. The Bertz CT molecular complexity index is 1980. The van der Waals surface area contributed by atoms with Crippen molar-refractivity contribution in [2.75, 3.05) is 0 Å². The fraction of sp³-hybridized carbons (Fsp3) is 0.722. The average Bonchev–Trinajstić information content (AvgIpc) is 3.89. The molecule has 2 aromatic heterocycles. The van der Waals surface area contributed by atoms with E-state index in [1.807, 2.05) is 0 Å². The quantitative estimate of drug-likeness (QED) is 0.237. The van der Waals surface area contributed by atoms with E-state index in [1.165, 1.54) is 49.9 Å². The molecular weight excluding hydrogens is 578 g/mol. The summed E-state index contributed by atoms with van der Waals surface area (Å²) in [5.41, 5.74) is 4.45. The second-order valence-electron chi connectivity index (χ2n) is 21.1. The summed E-state index contributed by atoms with van der Waals surface area (Å²) in [5, 5.41) is 0.374. The van der Waals surface area contributed by atoms with E-state index in [0.29, 0.717) is 14.9 Å². The van der Waals surface area contributed by atoms with E-state index in [9.17, 15) is 0 Å². The first-order chi connectivity index (χ1) is 19.5. The Balaban J connectivity index is 1.09. The van der Waals surface area contributed by atoms with E-state index in [2.05, 4.69) is 78.8 Å². The molecule has 0 radical (unpaired) electrons. The van der Waals surface area contributed by atoms with Gasteiger partial charge in [-0.15, -0.1) is 0 Å². The minimum atomic E-state index is -3.98. The Hall–Kier alpha value is -0.321. The molecule has 16 rings (SSSR count). The number of aromatic nitrogens is 2. The fourth-order valence-corrected chi connectivity index (χ4v) is 112. The van der Waals surface area contributed by atoms with Crippen molar-refractivity contribution in [1.29, 1.82) is 0 Å². The van der Waals surface area contributed by atoms with E-state index < -0.39 is 6.51 Å². The van der Waals surface area contributed by atoms with Gasteiger partial charge in [0.05, 0.1) is 0 Å². The van der Waals surface area contributed by atoms with Crippen LogP contribution in [0.15, 0.2) is 48.8 Å². The fourth-order valence-electron chi connectivity index (χ4n) is 26.1. The first-order valence-electron chi connectivity index (χ1n) is 17.1. The summed E-state index contributed by atoms with van der Waals surface area (Å²) in [7, 11) is 4.86. The van der Waals surface area contributed by atoms with Gasteiger partial charge in [0.15, 0.2) is 0 Å². The topological polar surface area (TPSA) is 25.8 Å². The first-order valence-corrected chi connectivity index (χ1v) is 24.9. The van der Waals surface area contributed by atoms with Gasteiger partial charge in [0, 0.05) is 0 Å². The van der Waals surface area contributed by atoms with Crippen molar-refractivity contribution in [3.63, 3.8) is 0 Å². The van der Waals surface area contributed by atoms with E-state index >= 15 is 0 Å². The first kappa shape index (κ1) is 21.4. The summed E-state index contributed by atoms with van der Waals surface area (Å²) >= 11 is 0. The zero-order valence-electron chi connectivity index (χ0n) is 24.6. The van der Waals surface area contributed by atoms with Gasteiger partial charge in [-0.25, -0.2) is 0 Å². The van der Waals surface area contributed by atoms with Crippen LogP contribution in [0.25, 0.3) is 0 Å². The van der Waals surface area contributed by atoms with Gasteiger partial charge >= 0.3 is 240 Å². The van der Waals surface area contributed by atoms with Crippen molar-refractivity contribution in [3.05, 3.63) is 60.2 Å². The van der Waals surface area contributed by atoms with Crippen LogP contribution in [0.5, 0.6) is 0 Å². The molecule has 1 spiro atoms. The summed E-state index contributed by atoms with van der Waals surface area (Å²) in [6, 6.07) is 13.8. The second-order valence-corrected chi connectivity index (χ2v) is 47.6. The molecule has 0 N–H and O–H groups in total. The van der Waals surface area contributed by atoms with Crippen molar-refractivity contribution in [2.24, 2.45) is 23.2 Å². The molecule has 41 heavy (non-hydrogen) atoms. The van der Waals surface area contributed by atoms with Crippen molar-refractivity contribution in [2.45, 2.75) is 122 Å². The zero-order chi connectivity index (χ0) is 26.9. The van der Waals surface area contributed by atoms with Crippen LogP contribution in [0.4, 0.5) is 0 Å². The molecule has 216 valence electrons. The van der Waals surface area contributed by atoms with Gasteiger partial charge in [0.2, 0.25) is 0 Å². The summed E-state index contributed by atoms with van der Waals surface area (Å²) in [6.45, 7) is 3.94. The summed E-state index contributed by atoms with van der Waals surface area (Å²) < 4.78 is 1.35. The van der Waals surface area contributed by atoms with Crippen LogP contribution in [0.1, 0.15) is 70.7 Å². The molecule has 5 heteroatoms. The molecule has 0 aromatic carbocycles. The molecule has 12 heterocycles. The van der Waals surface area contributed by atoms with Gasteiger partial charge in [-0.3, -0.25) is 0 Å². The van der Waals surface area contributed by atoms with Crippen LogP contribution in [0, 0.1) is 23.2 Å². The molecule has 0 amide bonds. The standard InChI is InChI=1S/C31H39N2P2.C5H5.Fe/c1-29(2,3)35-28(30-18-21-15-22(19-30)17-23(16-21)20-30)24-9-8-10-25(24)31(34,26-11-4-6-13-32-26)27-12-5-7-14-33-27;1-2-4-5-3-1;/h4-14,21-23,28,35H,15-20,34H2,1-3H3;1-5H;. The van der Waals surface area contributed by atoms with Crippen LogP contribution < -0.4 is 0 Å². The zero-order valence-corrected chi connectivity index (χ0v) is 27.9. The summed E-state index contributed by atoms with van der Waals surface area (Å²) in [4.78, 5) is 20.8. The van der Waals surface area contributed by atoms with Gasteiger partial charge < -0.3 is 0 Å². The van der Waals surface area contributed by atoms with Gasteiger partial charge in [-0.2, -0.15) is 0 Å². The third-order valence-corrected chi connectivity index (χ3v) is 70.4. The van der Waals surface area contributed by atoms with Crippen LogP contribution in [-0.2, 0) is 11.7 Å². The molecule has 14 aliphatic rings. The van der Waals surface area contributed by atoms with Gasteiger partial charge in [-0.05, 0) is 0 Å². The van der Waals surface area contributed by atoms with Gasteiger partial charge in [0.25, 0.3) is 0 Å². The molecule has 2 aromatic rings. The van der Waals surface area contributed by atoms with Crippen molar-refractivity contribution >= 4 is 17.8 Å². The molecule has 14 fully saturated rings. The normalized spacial score (nSPS) is 73.4. The van der Waals surface area contributed by atoms with Crippen molar-refractivity contribution < 1.29 is 6.51 Å². The molecule has 10 aliphatic heterocycles. The van der Waals surface area contributed by atoms with E-state index in [0.717, 1.165) is 36.3 Å². The van der Waals surface area contributed by atoms with Crippen LogP contribution in [0.3, 0.4) is 0 Å². The van der Waals surface area contributed by atoms with Crippen molar-refractivity contribution in [1.82, 2.24) is 9.97 Å². The monoisotopic (exact) mass is 622 g/mol. The minimum absolute atomic E-state index is 0.0667. The third-order valence-electron chi connectivity index (χ3n) is 23.4. The molecule has 2 nitrogen and oxygen atoms in total. The Morgan fingerprint density at radius 3 is 1.68 bits per heavy atom. The van der Waals surface area contributed by atoms with Crippen LogP contribution >= 0.6 is 17.8 Å². The predicted molar refractivity (Wildman–Crippen MR) is 167 cm³/mol. The maximum atomic E-state index is 5.34. The van der Waals surface area contributed by atoms with Crippen LogP contribution in [-0.4, -0.2) is 20.8 Å². The summed E-state index contributed by atoms with van der Waals surface area (Å²) in [6.07, 6.45) is 13.8. The third kappa shape index (κ3) is 0.595. The Morgan fingerprint density at radius 2 is 1.29 bits per heavy atom. The van der Waals surface area contributed by atoms with E-state index in [-0.39, 0.29) is 5.16 Å². The molecule has 4 aliphatic carbocycles. The summed E-state index contributed by atoms with van der Waals surface area (Å²) in [5.74, 6) is 3.18. The molecule has 10 saturated heterocycles. The number of nitrogens with zero attached hydrogens (tertiary/aromatic N) is 2. The average molecular weight is 623 g/mol. The number of rotatable bonds is 6. The van der Waals surface area contributed by atoms with E-state index in [4.69, 9.17) is 9.97 Å². The second kappa shape index (κ2) is 3.32. The molecule has 4 saturated carbocycles.